The number of sulfonamides is 1. The van der Waals surface area contributed by atoms with E-state index >= 15 is 0 Å². The molecule has 0 unspecified atom stereocenters. The van der Waals surface area contributed by atoms with Gasteiger partial charge in [-0.15, -0.1) is 0 Å². The van der Waals surface area contributed by atoms with Gasteiger partial charge >= 0.3 is 5.97 Å². The van der Waals surface area contributed by atoms with Crippen LogP contribution in [0.3, 0.4) is 0 Å². The van der Waals surface area contributed by atoms with Crippen molar-refractivity contribution in [1.29, 1.82) is 0 Å². The number of nitrogens with zero attached hydrogens (tertiary/aromatic N) is 1. The molecule has 53 heavy (non-hydrogen) atoms. The molecule has 0 bridgehead atoms. The van der Waals surface area contributed by atoms with E-state index in [1.54, 1.807) is 0 Å². The molecule has 0 saturated carbocycles. The zero-order valence-electron chi connectivity index (χ0n) is 34.6. The molecule has 290 valence electrons. The van der Waals surface area contributed by atoms with E-state index in [1.165, 1.54) is 4.31 Å². The lowest BCUT2D eigenvalue weighted by molar-refractivity contribution is -0.159. The smallest absolute Gasteiger partial charge is 0.312 e. The Morgan fingerprint density at radius 2 is 1.36 bits per heavy atom. The molecule has 0 aliphatic carbocycles. The van der Waals surface area contributed by atoms with Crippen molar-refractivity contribution in [3.8, 4) is 0 Å². The van der Waals surface area contributed by atoms with Crippen LogP contribution in [0.25, 0.3) is 0 Å². The largest absolute Gasteiger partial charge is 0.455 e. The fourth-order valence-electron chi connectivity index (χ4n) is 7.52. The van der Waals surface area contributed by atoms with E-state index in [0.29, 0.717) is 11.1 Å². The number of ether oxygens (including phenoxy) is 1. The van der Waals surface area contributed by atoms with Gasteiger partial charge in [0, 0.05) is 6.54 Å². The Balaban J connectivity index is 2.17. The van der Waals surface area contributed by atoms with Gasteiger partial charge in [-0.1, -0.05) is 138 Å². The first kappa shape index (κ1) is 44.1. The van der Waals surface area contributed by atoms with Crippen LogP contribution in [0.15, 0.2) is 101 Å². The summed E-state index contributed by atoms with van der Waals surface area (Å²) in [4.78, 5) is 14.9. The number of hydrogen-bond acceptors (Lipinski definition) is 5. The molecule has 3 aromatic carbocycles. The third-order valence-corrected chi connectivity index (χ3v) is 17.2. The summed E-state index contributed by atoms with van der Waals surface area (Å²) in [6, 6.07) is 24.9. The quantitative estimate of drug-likeness (QED) is 0.0778. The van der Waals surface area contributed by atoms with Crippen LogP contribution in [0, 0.1) is 32.1 Å². The minimum absolute atomic E-state index is 0.00279. The van der Waals surface area contributed by atoms with E-state index in [0.717, 1.165) is 46.0 Å². The highest BCUT2D eigenvalue weighted by atomic mass is 32.2. The second-order valence-electron chi connectivity index (χ2n) is 16.0. The van der Waals surface area contributed by atoms with E-state index in [4.69, 9.17) is 9.16 Å². The van der Waals surface area contributed by atoms with Crippen molar-refractivity contribution in [3.05, 3.63) is 124 Å². The normalized spacial score (nSPS) is 15.6. The zero-order chi connectivity index (χ0) is 39.7. The van der Waals surface area contributed by atoms with Gasteiger partial charge in [-0.2, -0.15) is 4.31 Å². The monoisotopic (exact) mass is 759 g/mol. The standard InChI is InChI=1S/C45H65NO5SSi/c1-14-53(15-2,16-3)51-41(34(6)29-33(5)30-45(11,12)13)37(9)44(47)50-42(40-25-21-18-22-26-40)38(10)46(31-39-23-19-17-20-24-39)52(48,49)43-35(7)27-32(4)28-36(43)8/h17-30,37-38,41-42H,14-16,31H2,1-13H3/b33-30+,34-29+/t37-,38+,41-,42+/m0/s1. The molecule has 0 aliphatic rings. The Bertz CT molecular complexity index is 1790. The number of aryl methyl sites for hydroxylation is 3. The molecular formula is C45H65NO5SSi. The topological polar surface area (TPSA) is 72.9 Å². The van der Waals surface area contributed by atoms with E-state index in [1.807, 2.05) is 114 Å². The van der Waals surface area contributed by atoms with Crippen molar-refractivity contribution in [1.82, 2.24) is 4.31 Å². The lowest BCUT2D eigenvalue weighted by Crippen LogP contribution is -2.46. The molecular weight excluding hydrogens is 695 g/mol. The maximum atomic E-state index is 14.9. The van der Waals surface area contributed by atoms with Crippen molar-refractivity contribution in [3.63, 3.8) is 0 Å². The first-order valence-electron chi connectivity index (χ1n) is 19.2. The van der Waals surface area contributed by atoms with Gasteiger partial charge in [0.25, 0.3) is 0 Å². The van der Waals surface area contributed by atoms with Gasteiger partial charge in [-0.25, -0.2) is 8.42 Å². The number of benzene rings is 3. The Morgan fingerprint density at radius 1 is 0.849 bits per heavy atom. The maximum Gasteiger partial charge on any atom is 0.312 e. The van der Waals surface area contributed by atoms with Gasteiger partial charge in [0.2, 0.25) is 10.0 Å². The number of carbonyl (C=O) groups excluding carboxylic acids is 1. The summed E-state index contributed by atoms with van der Waals surface area (Å²) in [6.45, 7) is 26.7. The predicted molar refractivity (Wildman–Crippen MR) is 223 cm³/mol. The average Bonchev–Trinajstić information content (AvgIpc) is 3.09. The predicted octanol–water partition coefficient (Wildman–Crippen LogP) is 11.4. The highest BCUT2D eigenvalue weighted by Gasteiger charge is 2.41. The summed E-state index contributed by atoms with van der Waals surface area (Å²) in [5, 5.41) is 0. The lowest BCUT2D eigenvalue weighted by atomic mass is 9.92. The molecule has 0 radical (unpaired) electrons. The fraction of sp³-hybridized carbons (Fsp3) is 0.489. The Morgan fingerprint density at radius 3 is 1.85 bits per heavy atom. The molecule has 0 heterocycles. The Kier molecular flexibility index (Phi) is 15.7. The van der Waals surface area contributed by atoms with Gasteiger partial charge in [0.05, 0.1) is 23.0 Å². The number of allylic oxidation sites excluding steroid dienone is 3. The summed E-state index contributed by atoms with van der Waals surface area (Å²) in [5.74, 6) is -1.07. The molecule has 3 aromatic rings. The van der Waals surface area contributed by atoms with Gasteiger partial charge in [-0.3, -0.25) is 4.79 Å². The third-order valence-electron chi connectivity index (χ3n) is 10.3. The third kappa shape index (κ3) is 11.6. The second kappa shape index (κ2) is 18.8. The van der Waals surface area contributed by atoms with Crippen LogP contribution in [0.2, 0.25) is 18.1 Å². The van der Waals surface area contributed by atoms with Gasteiger partial charge in [0.1, 0.15) is 6.10 Å². The molecule has 8 heteroatoms. The molecule has 0 fully saturated rings. The Hall–Kier alpha value is -3.30. The van der Waals surface area contributed by atoms with Crippen molar-refractivity contribution >= 4 is 24.3 Å². The van der Waals surface area contributed by atoms with Crippen molar-refractivity contribution in [2.45, 2.75) is 138 Å². The molecule has 0 aliphatic heterocycles. The first-order chi connectivity index (χ1) is 24.8. The molecule has 0 spiro atoms. The van der Waals surface area contributed by atoms with Gasteiger partial charge in [0.15, 0.2) is 8.32 Å². The van der Waals surface area contributed by atoms with Crippen LogP contribution in [0.1, 0.15) is 103 Å². The number of carbonyl (C=O) groups is 1. The number of esters is 1. The molecule has 3 rings (SSSR count). The zero-order valence-corrected chi connectivity index (χ0v) is 36.4. The highest BCUT2D eigenvalue weighted by molar-refractivity contribution is 7.89. The van der Waals surface area contributed by atoms with Gasteiger partial charge in [-0.05, 0) is 99.8 Å². The van der Waals surface area contributed by atoms with E-state index in [9.17, 15) is 13.2 Å². The van der Waals surface area contributed by atoms with E-state index < -0.39 is 48.5 Å². The van der Waals surface area contributed by atoms with Crippen LogP contribution in [0.4, 0.5) is 0 Å². The summed E-state index contributed by atoms with van der Waals surface area (Å²) in [6.07, 6.45) is 2.98. The first-order valence-corrected chi connectivity index (χ1v) is 23.2. The average molecular weight is 760 g/mol. The summed E-state index contributed by atoms with van der Waals surface area (Å²) >= 11 is 0. The molecule has 0 saturated heterocycles. The molecule has 4 atom stereocenters. The maximum absolute atomic E-state index is 14.9. The van der Waals surface area contributed by atoms with Crippen molar-refractivity contribution in [2.24, 2.45) is 11.3 Å². The summed E-state index contributed by atoms with van der Waals surface area (Å²) in [7, 11) is -6.24. The van der Waals surface area contributed by atoms with Crippen LogP contribution in [-0.4, -0.2) is 39.2 Å². The number of rotatable bonds is 17. The minimum atomic E-state index is -4.07. The van der Waals surface area contributed by atoms with Crippen molar-refractivity contribution in [2.75, 3.05) is 0 Å². The number of hydrogen-bond donors (Lipinski definition) is 0. The molecule has 0 amide bonds. The van der Waals surface area contributed by atoms with Crippen LogP contribution in [0.5, 0.6) is 0 Å². The molecule has 0 N–H and O–H groups in total. The highest BCUT2D eigenvalue weighted by Crippen LogP contribution is 2.36. The van der Waals surface area contributed by atoms with Crippen LogP contribution >= 0.6 is 0 Å². The SMILES string of the molecule is CC[Si](CC)(CC)O[C@@H](/C(C)=C/C(C)=C/C(C)(C)C)[C@H](C)C(=O)O[C@@H](c1ccccc1)[C@@H](C)N(Cc1ccccc1)S(=O)(=O)c1c(C)cc(C)cc1C. The van der Waals surface area contributed by atoms with E-state index in [2.05, 4.69) is 60.6 Å². The minimum Gasteiger partial charge on any atom is -0.455 e. The van der Waals surface area contributed by atoms with Crippen LogP contribution < -0.4 is 0 Å². The molecule has 0 aromatic heterocycles. The Labute approximate surface area is 322 Å². The second-order valence-corrected chi connectivity index (χ2v) is 22.5. The lowest BCUT2D eigenvalue weighted by Gasteiger charge is -2.38. The summed E-state index contributed by atoms with van der Waals surface area (Å²) < 4.78 is 45.0. The summed E-state index contributed by atoms with van der Waals surface area (Å²) in [5.41, 5.74) is 6.01. The van der Waals surface area contributed by atoms with E-state index in [-0.39, 0.29) is 16.9 Å². The molecule has 6 nitrogen and oxygen atoms in total. The van der Waals surface area contributed by atoms with Crippen molar-refractivity contribution < 1.29 is 22.4 Å². The fourth-order valence-corrected chi connectivity index (χ4v) is 12.5. The van der Waals surface area contributed by atoms with Crippen LogP contribution in [-0.2, 0) is 30.5 Å². The van der Waals surface area contributed by atoms with Gasteiger partial charge < -0.3 is 9.16 Å².